The van der Waals surface area contributed by atoms with Crippen molar-refractivity contribution in [3.05, 3.63) is 71.9 Å². The fourth-order valence-electron chi connectivity index (χ4n) is 2.01. The molecule has 1 aromatic heterocycles. The third-order valence-corrected chi connectivity index (χ3v) is 3.01. The molecule has 0 unspecified atom stereocenters. The molecule has 1 heterocycles. The molecule has 3 aromatic rings. The fourth-order valence-corrected chi connectivity index (χ4v) is 2.01. The maximum Gasteiger partial charge on any atom is 0.126 e. The first kappa shape index (κ1) is 11.5. The van der Waals surface area contributed by atoms with Crippen LogP contribution in [0.5, 0.6) is 5.75 Å². The number of benzene rings is 2. The summed E-state index contributed by atoms with van der Waals surface area (Å²) in [7, 11) is 0. The average Bonchev–Trinajstić information content (AvgIpc) is 2.46. The van der Waals surface area contributed by atoms with Crippen LogP contribution in [0, 0.1) is 0 Å². The number of fused-ring (bicyclic) bond motifs is 1. The van der Waals surface area contributed by atoms with Crippen LogP contribution in [0.15, 0.2) is 60.8 Å². The normalized spacial score (nSPS) is 11.2. The number of aromatic nitrogens is 1. The van der Waals surface area contributed by atoms with Crippen LogP contribution in [0.25, 0.3) is 23.1 Å². The lowest BCUT2D eigenvalue weighted by atomic mass is 10.1. The van der Waals surface area contributed by atoms with E-state index in [-0.39, 0.29) is 5.75 Å². The summed E-state index contributed by atoms with van der Waals surface area (Å²) in [5.41, 5.74) is 3.02. The predicted octanol–water partition coefficient (Wildman–Crippen LogP) is 4.11. The molecule has 0 amide bonds. The summed E-state index contributed by atoms with van der Waals surface area (Å²) in [6, 6.07) is 17.6. The molecule has 0 fully saturated rings. The molecule has 19 heavy (non-hydrogen) atoms. The van der Waals surface area contributed by atoms with Crippen molar-refractivity contribution in [3.8, 4) is 5.75 Å². The summed E-state index contributed by atoms with van der Waals surface area (Å²) in [5, 5.41) is 10.5. The second-order valence-electron chi connectivity index (χ2n) is 4.35. The highest BCUT2D eigenvalue weighted by atomic mass is 16.3. The zero-order valence-corrected chi connectivity index (χ0v) is 10.3. The quantitative estimate of drug-likeness (QED) is 0.691. The lowest BCUT2D eigenvalue weighted by molar-refractivity contribution is 0.481. The van der Waals surface area contributed by atoms with E-state index in [2.05, 4.69) is 23.2 Å². The Hall–Kier alpha value is -2.61. The van der Waals surface area contributed by atoms with Crippen molar-refractivity contribution in [2.24, 2.45) is 0 Å². The van der Waals surface area contributed by atoms with Crippen LogP contribution in [-0.2, 0) is 0 Å². The molecule has 3 rings (SSSR count). The summed E-state index contributed by atoms with van der Waals surface area (Å²) in [6.07, 6.45) is 5.72. The van der Waals surface area contributed by atoms with E-state index in [0.717, 1.165) is 22.0 Å². The molecule has 0 radical (unpaired) electrons. The molecule has 0 aliphatic rings. The van der Waals surface area contributed by atoms with Gasteiger partial charge >= 0.3 is 0 Å². The van der Waals surface area contributed by atoms with Crippen LogP contribution in [0.2, 0.25) is 0 Å². The molecule has 0 saturated carbocycles. The first-order valence-electron chi connectivity index (χ1n) is 6.14. The van der Waals surface area contributed by atoms with Gasteiger partial charge in [-0.3, -0.25) is 4.98 Å². The zero-order valence-electron chi connectivity index (χ0n) is 10.3. The monoisotopic (exact) mass is 247 g/mol. The number of rotatable bonds is 2. The van der Waals surface area contributed by atoms with Gasteiger partial charge in [0.1, 0.15) is 5.75 Å². The topological polar surface area (TPSA) is 33.1 Å². The van der Waals surface area contributed by atoms with E-state index >= 15 is 0 Å². The molecule has 0 aliphatic carbocycles. The average molecular weight is 247 g/mol. The molecule has 0 saturated heterocycles. The molecule has 0 bridgehead atoms. The van der Waals surface area contributed by atoms with Crippen molar-refractivity contribution in [1.82, 2.24) is 4.98 Å². The number of pyridine rings is 1. The predicted molar refractivity (Wildman–Crippen MR) is 78.8 cm³/mol. The molecule has 2 nitrogen and oxygen atoms in total. The van der Waals surface area contributed by atoms with Crippen molar-refractivity contribution in [1.29, 1.82) is 0 Å². The fraction of sp³-hybridized carbons (Fsp3) is 0. The van der Waals surface area contributed by atoms with Gasteiger partial charge in [-0.15, -0.1) is 0 Å². The number of aromatic hydroxyl groups is 1. The van der Waals surface area contributed by atoms with E-state index in [4.69, 9.17) is 0 Å². The molecule has 0 atom stereocenters. The Balaban J connectivity index is 1.96. The van der Waals surface area contributed by atoms with Crippen LogP contribution in [-0.4, -0.2) is 10.1 Å². The number of hydrogen-bond donors (Lipinski definition) is 1. The Bertz CT molecular complexity index is 733. The molecule has 2 heteroatoms. The van der Waals surface area contributed by atoms with Gasteiger partial charge in [-0.2, -0.15) is 0 Å². The van der Waals surface area contributed by atoms with Crippen molar-refractivity contribution in [2.75, 3.05) is 0 Å². The summed E-state index contributed by atoms with van der Waals surface area (Å²) in [5.74, 6) is 0.267. The second-order valence-corrected chi connectivity index (χ2v) is 4.35. The van der Waals surface area contributed by atoms with E-state index in [1.54, 1.807) is 12.3 Å². The van der Waals surface area contributed by atoms with E-state index in [0.29, 0.717) is 0 Å². The molecular formula is C17H13NO. The zero-order chi connectivity index (χ0) is 13.1. The molecular weight excluding hydrogens is 234 g/mol. The minimum Gasteiger partial charge on any atom is -0.507 e. The minimum atomic E-state index is 0.267. The summed E-state index contributed by atoms with van der Waals surface area (Å²) in [6.45, 7) is 0. The Morgan fingerprint density at radius 2 is 1.63 bits per heavy atom. The SMILES string of the molecule is Oc1ccnc2cc(C=Cc3ccccc3)ccc12. The molecule has 0 aliphatic heterocycles. The summed E-state index contributed by atoms with van der Waals surface area (Å²) in [4.78, 5) is 4.26. The van der Waals surface area contributed by atoms with E-state index < -0.39 is 0 Å². The highest BCUT2D eigenvalue weighted by Crippen LogP contribution is 2.23. The summed E-state index contributed by atoms with van der Waals surface area (Å²) >= 11 is 0. The van der Waals surface area contributed by atoms with Gasteiger partial charge in [0, 0.05) is 11.6 Å². The Morgan fingerprint density at radius 3 is 2.47 bits per heavy atom. The molecule has 0 spiro atoms. The van der Waals surface area contributed by atoms with Gasteiger partial charge in [-0.25, -0.2) is 0 Å². The van der Waals surface area contributed by atoms with Gasteiger partial charge in [0.05, 0.1) is 5.52 Å². The minimum absolute atomic E-state index is 0.267. The first-order chi connectivity index (χ1) is 9.33. The maximum atomic E-state index is 9.71. The molecule has 92 valence electrons. The Labute approximate surface area is 111 Å². The number of nitrogens with zero attached hydrogens (tertiary/aromatic N) is 1. The van der Waals surface area contributed by atoms with Crippen molar-refractivity contribution in [3.63, 3.8) is 0 Å². The van der Waals surface area contributed by atoms with Crippen LogP contribution in [0.4, 0.5) is 0 Å². The number of hydrogen-bond acceptors (Lipinski definition) is 2. The first-order valence-corrected chi connectivity index (χ1v) is 6.14. The van der Waals surface area contributed by atoms with Gasteiger partial charge in [0.25, 0.3) is 0 Å². The van der Waals surface area contributed by atoms with Crippen LogP contribution >= 0.6 is 0 Å². The lowest BCUT2D eigenvalue weighted by Gasteiger charge is -2.01. The Kier molecular flexibility index (Phi) is 2.99. The third-order valence-electron chi connectivity index (χ3n) is 3.01. The second kappa shape index (κ2) is 4.94. The largest absolute Gasteiger partial charge is 0.507 e. The van der Waals surface area contributed by atoms with Crippen molar-refractivity contribution in [2.45, 2.75) is 0 Å². The lowest BCUT2D eigenvalue weighted by Crippen LogP contribution is -1.80. The van der Waals surface area contributed by atoms with Gasteiger partial charge in [-0.1, -0.05) is 48.6 Å². The van der Waals surface area contributed by atoms with E-state index in [1.165, 1.54) is 0 Å². The van der Waals surface area contributed by atoms with Crippen LogP contribution in [0.1, 0.15) is 11.1 Å². The van der Waals surface area contributed by atoms with Gasteiger partial charge in [0.2, 0.25) is 0 Å². The van der Waals surface area contributed by atoms with Crippen molar-refractivity contribution >= 4 is 23.1 Å². The van der Waals surface area contributed by atoms with Gasteiger partial charge < -0.3 is 5.11 Å². The van der Waals surface area contributed by atoms with E-state index in [9.17, 15) is 5.11 Å². The highest BCUT2D eigenvalue weighted by Gasteiger charge is 1.99. The van der Waals surface area contributed by atoms with E-state index in [1.807, 2.05) is 42.5 Å². The highest BCUT2D eigenvalue weighted by molar-refractivity contribution is 5.87. The van der Waals surface area contributed by atoms with Crippen LogP contribution < -0.4 is 0 Å². The third kappa shape index (κ3) is 2.47. The smallest absolute Gasteiger partial charge is 0.126 e. The molecule has 1 N–H and O–H groups in total. The molecule has 2 aromatic carbocycles. The standard InChI is InChI=1S/C17H13NO/c19-17-10-11-18-16-12-14(8-9-15(16)17)7-6-13-4-2-1-3-5-13/h1-12H,(H,18,19). The Morgan fingerprint density at radius 1 is 0.842 bits per heavy atom. The maximum absolute atomic E-state index is 9.71. The van der Waals surface area contributed by atoms with Gasteiger partial charge in [-0.05, 0) is 29.3 Å². The van der Waals surface area contributed by atoms with Crippen LogP contribution in [0.3, 0.4) is 0 Å². The van der Waals surface area contributed by atoms with Crippen molar-refractivity contribution < 1.29 is 5.11 Å². The summed E-state index contributed by atoms with van der Waals surface area (Å²) < 4.78 is 0. The van der Waals surface area contributed by atoms with Gasteiger partial charge in [0.15, 0.2) is 0 Å².